The Morgan fingerprint density at radius 2 is 1.14 bits per heavy atom. The van der Waals surface area contributed by atoms with Gasteiger partial charge in [-0.05, 0) is 12.8 Å². The van der Waals surface area contributed by atoms with Crippen LogP contribution < -0.4 is 0 Å². The van der Waals surface area contributed by atoms with E-state index < -0.39 is 11.6 Å². The molecule has 22 heavy (non-hydrogen) atoms. The molecule has 4 nitrogen and oxygen atoms in total. The molecule has 0 fully saturated rings. The molecule has 0 aliphatic heterocycles. The minimum Gasteiger partial charge on any atom is -0.507 e. The summed E-state index contributed by atoms with van der Waals surface area (Å²) in [7, 11) is 0. The maximum atomic E-state index is 12.7. The van der Waals surface area contributed by atoms with Crippen LogP contribution in [0.15, 0.2) is 36.4 Å². The molecule has 0 radical (unpaired) electrons. The van der Waals surface area contributed by atoms with E-state index in [1.165, 1.54) is 0 Å². The first-order valence-corrected chi connectivity index (χ1v) is 7.04. The predicted molar refractivity (Wildman–Crippen MR) is 79.6 cm³/mol. The van der Waals surface area contributed by atoms with Crippen LogP contribution in [0.2, 0.25) is 0 Å². The molecule has 108 valence electrons. The zero-order chi connectivity index (χ0) is 15.4. The Morgan fingerprint density at radius 1 is 0.727 bits per heavy atom. The summed E-state index contributed by atoms with van der Waals surface area (Å²) in [5, 5.41) is 21.0. The summed E-state index contributed by atoms with van der Waals surface area (Å²) in [5.41, 5.74) is 1.44. The van der Waals surface area contributed by atoms with Gasteiger partial charge in [-0.3, -0.25) is 9.59 Å². The second-order valence-electron chi connectivity index (χ2n) is 5.49. The Hall–Kier alpha value is -2.88. The molecule has 2 aromatic carbocycles. The van der Waals surface area contributed by atoms with E-state index >= 15 is 0 Å². The summed E-state index contributed by atoms with van der Waals surface area (Å²) in [6.45, 7) is 0. The highest BCUT2D eigenvalue weighted by Gasteiger charge is 2.37. The van der Waals surface area contributed by atoms with Crippen molar-refractivity contribution >= 4 is 11.6 Å². The van der Waals surface area contributed by atoms with Crippen molar-refractivity contribution < 1.29 is 19.8 Å². The Labute approximate surface area is 126 Å². The highest BCUT2D eigenvalue weighted by Crippen LogP contribution is 2.44. The van der Waals surface area contributed by atoms with Crippen molar-refractivity contribution in [1.29, 1.82) is 0 Å². The third-order valence-electron chi connectivity index (χ3n) is 4.34. The van der Waals surface area contributed by atoms with Crippen LogP contribution in [0.5, 0.6) is 11.5 Å². The van der Waals surface area contributed by atoms with Crippen LogP contribution in [-0.2, 0) is 12.8 Å². The molecule has 0 bridgehead atoms. The van der Waals surface area contributed by atoms with E-state index in [1.54, 1.807) is 24.3 Å². The Kier molecular flexibility index (Phi) is 2.51. The van der Waals surface area contributed by atoms with E-state index in [-0.39, 0.29) is 33.8 Å². The molecule has 0 unspecified atom stereocenters. The number of hydrogen-bond acceptors (Lipinski definition) is 4. The van der Waals surface area contributed by atoms with Gasteiger partial charge in [0.2, 0.25) is 0 Å². The van der Waals surface area contributed by atoms with Crippen molar-refractivity contribution in [1.82, 2.24) is 0 Å². The molecule has 0 saturated heterocycles. The zero-order valence-electron chi connectivity index (χ0n) is 11.6. The standard InChI is InChI=1S/C18H12O4/c19-15-9-5-1-2-6-10(9)16(20)14-13(15)17(21)11-7-3-4-8-12(11)18(14)22/h1-6,21-22H,7-8H2. The quantitative estimate of drug-likeness (QED) is 0.493. The lowest BCUT2D eigenvalue weighted by Crippen LogP contribution is -2.22. The maximum Gasteiger partial charge on any atom is 0.198 e. The Morgan fingerprint density at radius 3 is 1.55 bits per heavy atom. The lowest BCUT2D eigenvalue weighted by molar-refractivity contribution is 0.0974. The molecule has 0 amide bonds. The number of fused-ring (bicyclic) bond motifs is 3. The number of hydrogen-bond donors (Lipinski definition) is 2. The van der Waals surface area contributed by atoms with Crippen LogP contribution in [0.3, 0.4) is 0 Å². The molecular weight excluding hydrogens is 280 g/mol. The number of phenols is 2. The van der Waals surface area contributed by atoms with Crippen molar-refractivity contribution in [3.05, 3.63) is 69.8 Å². The lowest BCUT2D eigenvalue weighted by Gasteiger charge is -2.24. The molecule has 0 spiro atoms. The van der Waals surface area contributed by atoms with E-state index in [1.807, 2.05) is 12.2 Å². The van der Waals surface area contributed by atoms with Gasteiger partial charge in [-0.2, -0.15) is 0 Å². The van der Waals surface area contributed by atoms with Gasteiger partial charge >= 0.3 is 0 Å². The van der Waals surface area contributed by atoms with Crippen molar-refractivity contribution in [2.75, 3.05) is 0 Å². The van der Waals surface area contributed by atoms with Crippen molar-refractivity contribution in [3.63, 3.8) is 0 Å². The third-order valence-corrected chi connectivity index (χ3v) is 4.34. The molecule has 0 atom stereocenters. The minimum atomic E-state index is -0.421. The van der Waals surface area contributed by atoms with Gasteiger partial charge in [0.15, 0.2) is 11.6 Å². The van der Waals surface area contributed by atoms with Crippen molar-refractivity contribution in [2.45, 2.75) is 12.8 Å². The summed E-state index contributed by atoms with van der Waals surface area (Å²) in [6.07, 6.45) is 4.62. The van der Waals surface area contributed by atoms with Gasteiger partial charge in [-0.25, -0.2) is 0 Å². The average Bonchev–Trinajstić information content (AvgIpc) is 2.56. The fourth-order valence-electron chi connectivity index (χ4n) is 3.26. The van der Waals surface area contributed by atoms with Crippen molar-refractivity contribution in [3.8, 4) is 11.5 Å². The SMILES string of the molecule is O=C1c2ccccc2C(=O)c2c(O)c3c(c(O)c21)CC=CC3. The molecule has 2 aromatic rings. The molecule has 2 aliphatic carbocycles. The summed E-state index contributed by atoms with van der Waals surface area (Å²) >= 11 is 0. The molecule has 0 saturated carbocycles. The summed E-state index contributed by atoms with van der Waals surface area (Å²) in [6, 6.07) is 6.48. The fraction of sp³-hybridized carbons (Fsp3) is 0.111. The van der Waals surface area contributed by atoms with Crippen LogP contribution in [-0.4, -0.2) is 21.8 Å². The van der Waals surface area contributed by atoms with Crippen LogP contribution in [0.25, 0.3) is 0 Å². The smallest absolute Gasteiger partial charge is 0.198 e. The van der Waals surface area contributed by atoms with E-state index in [0.29, 0.717) is 24.0 Å². The first-order valence-electron chi connectivity index (χ1n) is 7.04. The van der Waals surface area contributed by atoms with Crippen molar-refractivity contribution in [2.24, 2.45) is 0 Å². The monoisotopic (exact) mass is 292 g/mol. The van der Waals surface area contributed by atoms with Gasteiger partial charge in [0.1, 0.15) is 11.5 Å². The van der Waals surface area contributed by atoms with Gasteiger partial charge < -0.3 is 10.2 Å². The van der Waals surface area contributed by atoms with Crippen LogP contribution >= 0.6 is 0 Å². The molecular formula is C18H12O4. The normalized spacial score (nSPS) is 15.3. The van der Waals surface area contributed by atoms with Gasteiger partial charge in [-0.1, -0.05) is 36.4 Å². The minimum absolute atomic E-state index is 0.0738. The molecule has 4 rings (SSSR count). The summed E-state index contributed by atoms with van der Waals surface area (Å²) < 4.78 is 0. The number of carbonyl (C=O) groups excluding carboxylic acids is 2. The highest BCUT2D eigenvalue weighted by atomic mass is 16.3. The van der Waals surface area contributed by atoms with Gasteiger partial charge in [0.05, 0.1) is 11.1 Å². The summed E-state index contributed by atoms with van der Waals surface area (Å²) in [4.78, 5) is 25.3. The molecule has 4 heteroatoms. The van der Waals surface area contributed by atoms with Gasteiger partial charge in [0, 0.05) is 22.3 Å². The first kappa shape index (κ1) is 12.8. The number of benzene rings is 2. The predicted octanol–water partition coefficient (Wildman–Crippen LogP) is 2.53. The summed E-state index contributed by atoms with van der Waals surface area (Å²) in [5.74, 6) is -1.20. The fourth-order valence-corrected chi connectivity index (χ4v) is 3.26. The van der Waals surface area contributed by atoms with Crippen LogP contribution in [0.1, 0.15) is 43.0 Å². The van der Waals surface area contributed by atoms with Crippen LogP contribution in [0, 0.1) is 0 Å². The molecule has 0 aromatic heterocycles. The highest BCUT2D eigenvalue weighted by molar-refractivity contribution is 6.30. The second kappa shape index (κ2) is 4.31. The van der Waals surface area contributed by atoms with E-state index in [4.69, 9.17) is 0 Å². The first-order chi connectivity index (χ1) is 10.6. The average molecular weight is 292 g/mol. The second-order valence-corrected chi connectivity index (χ2v) is 5.49. The van der Waals surface area contributed by atoms with E-state index in [0.717, 1.165) is 0 Å². The van der Waals surface area contributed by atoms with E-state index in [9.17, 15) is 19.8 Å². The number of ketones is 2. The number of phenolic OH excluding ortho intramolecular Hbond substituents is 2. The van der Waals surface area contributed by atoms with Gasteiger partial charge in [0.25, 0.3) is 0 Å². The topological polar surface area (TPSA) is 74.6 Å². The Bertz CT molecular complexity index is 818. The largest absolute Gasteiger partial charge is 0.507 e. The zero-order valence-corrected chi connectivity index (χ0v) is 11.6. The molecule has 2 aliphatic rings. The molecule has 2 N–H and O–H groups in total. The lowest BCUT2D eigenvalue weighted by atomic mass is 9.79. The van der Waals surface area contributed by atoms with E-state index in [2.05, 4.69) is 0 Å². The Balaban J connectivity index is 2.10. The van der Waals surface area contributed by atoms with Gasteiger partial charge in [-0.15, -0.1) is 0 Å². The third kappa shape index (κ3) is 1.46. The van der Waals surface area contributed by atoms with Crippen LogP contribution in [0.4, 0.5) is 0 Å². The molecule has 0 heterocycles. The number of rotatable bonds is 0. The maximum absolute atomic E-state index is 12.7. The number of carbonyl (C=O) groups is 2. The number of allylic oxidation sites excluding steroid dienone is 2. The number of aromatic hydroxyl groups is 2.